The van der Waals surface area contributed by atoms with Crippen LogP contribution in [-0.4, -0.2) is 9.97 Å². The average Bonchev–Trinajstić information content (AvgIpc) is 2.17. The third-order valence-corrected chi connectivity index (χ3v) is 3.06. The van der Waals surface area contributed by atoms with Crippen LogP contribution in [0.2, 0.25) is 0 Å². The summed E-state index contributed by atoms with van der Waals surface area (Å²) in [6.07, 6.45) is -4.68. The zero-order valence-corrected chi connectivity index (χ0v) is 11.1. The van der Waals surface area contributed by atoms with Crippen molar-refractivity contribution in [2.24, 2.45) is 0 Å². The molecule has 0 saturated heterocycles. The molecule has 2 rings (SSSR count). The van der Waals surface area contributed by atoms with Gasteiger partial charge in [-0.25, -0.2) is 4.98 Å². The molecule has 90 valence electrons. The smallest absolute Gasteiger partial charge is 0.302 e. The number of rotatable bonds is 0. The summed E-state index contributed by atoms with van der Waals surface area (Å²) in [6.45, 7) is 0. The number of H-pyrrole nitrogens is 1. The third-order valence-electron chi connectivity index (χ3n) is 2.00. The minimum Gasteiger partial charge on any atom is -0.302 e. The Hall–Kier alpha value is -0.890. The third kappa shape index (κ3) is 2.37. The van der Waals surface area contributed by atoms with Crippen LogP contribution in [0.1, 0.15) is 5.82 Å². The molecule has 8 heteroatoms. The zero-order valence-electron chi connectivity index (χ0n) is 7.90. The standard InChI is InChI=1S/C9H3Br2F3N2O/c10-3-1-4-6(5(11)2-3)15-8(9(12,13)14)16-7(4)17/h1-2H,(H,15,16,17). The van der Waals surface area contributed by atoms with E-state index in [-0.39, 0.29) is 10.9 Å². The Bertz CT molecular complexity index is 651. The second-order valence-electron chi connectivity index (χ2n) is 3.20. The first-order chi connectivity index (χ1) is 7.79. The van der Waals surface area contributed by atoms with E-state index in [0.29, 0.717) is 8.95 Å². The van der Waals surface area contributed by atoms with Gasteiger partial charge in [0, 0.05) is 8.95 Å². The van der Waals surface area contributed by atoms with E-state index >= 15 is 0 Å². The zero-order chi connectivity index (χ0) is 12.8. The molecule has 2 aromatic rings. The first kappa shape index (κ1) is 12.6. The summed E-state index contributed by atoms with van der Waals surface area (Å²) >= 11 is 6.21. The summed E-state index contributed by atoms with van der Waals surface area (Å²) in [5.74, 6) is -1.31. The van der Waals surface area contributed by atoms with Gasteiger partial charge in [-0.15, -0.1) is 0 Å². The fourth-order valence-corrected chi connectivity index (χ4v) is 2.62. The summed E-state index contributed by atoms with van der Waals surface area (Å²) in [7, 11) is 0. The van der Waals surface area contributed by atoms with Crippen LogP contribution in [0.15, 0.2) is 25.9 Å². The maximum atomic E-state index is 12.4. The largest absolute Gasteiger partial charge is 0.449 e. The van der Waals surface area contributed by atoms with E-state index in [1.807, 2.05) is 0 Å². The van der Waals surface area contributed by atoms with Crippen molar-refractivity contribution in [3.63, 3.8) is 0 Å². The molecule has 0 aliphatic rings. The highest BCUT2D eigenvalue weighted by Gasteiger charge is 2.34. The van der Waals surface area contributed by atoms with Crippen molar-refractivity contribution in [1.29, 1.82) is 0 Å². The summed E-state index contributed by atoms with van der Waals surface area (Å²) in [4.78, 5) is 16.6. The molecular weight excluding hydrogens is 369 g/mol. The topological polar surface area (TPSA) is 45.8 Å². The number of alkyl halides is 3. The predicted molar refractivity (Wildman–Crippen MR) is 62.8 cm³/mol. The molecule has 0 spiro atoms. The molecule has 0 atom stereocenters. The van der Waals surface area contributed by atoms with Crippen LogP contribution in [-0.2, 0) is 6.18 Å². The Labute approximate surface area is 109 Å². The second kappa shape index (κ2) is 4.09. The van der Waals surface area contributed by atoms with Gasteiger partial charge in [0.1, 0.15) is 0 Å². The van der Waals surface area contributed by atoms with E-state index in [0.717, 1.165) is 0 Å². The number of hydrogen-bond donors (Lipinski definition) is 1. The lowest BCUT2D eigenvalue weighted by Gasteiger charge is -2.07. The van der Waals surface area contributed by atoms with Crippen LogP contribution in [0.5, 0.6) is 0 Å². The van der Waals surface area contributed by atoms with Crippen molar-refractivity contribution < 1.29 is 13.2 Å². The van der Waals surface area contributed by atoms with Gasteiger partial charge in [-0.3, -0.25) is 4.79 Å². The average molecular weight is 372 g/mol. The van der Waals surface area contributed by atoms with Gasteiger partial charge in [0.15, 0.2) is 0 Å². The Balaban J connectivity index is 2.88. The molecule has 0 amide bonds. The van der Waals surface area contributed by atoms with E-state index in [1.54, 1.807) is 4.98 Å². The Morgan fingerprint density at radius 3 is 2.47 bits per heavy atom. The molecular formula is C9H3Br2F3N2O. The maximum absolute atomic E-state index is 12.4. The van der Waals surface area contributed by atoms with E-state index in [4.69, 9.17) is 0 Å². The second-order valence-corrected chi connectivity index (χ2v) is 4.97. The number of nitrogens with zero attached hydrogens (tertiary/aromatic N) is 1. The quantitative estimate of drug-likeness (QED) is 0.770. The molecule has 0 saturated carbocycles. The normalized spacial score (nSPS) is 12.1. The monoisotopic (exact) mass is 370 g/mol. The summed E-state index contributed by atoms with van der Waals surface area (Å²) in [5.41, 5.74) is -0.853. The number of aromatic amines is 1. The van der Waals surface area contributed by atoms with Gasteiger partial charge in [0.25, 0.3) is 5.56 Å². The van der Waals surface area contributed by atoms with Crippen molar-refractivity contribution in [3.05, 3.63) is 37.3 Å². The van der Waals surface area contributed by atoms with Gasteiger partial charge in [-0.1, -0.05) is 15.9 Å². The molecule has 3 nitrogen and oxygen atoms in total. The fourth-order valence-electron chi connectivity index (χ4n) is 1.30. The first-order valence-corrected chi connectivity index (χ1v) is 5.84. The van der Waals surface area contributed by atoms with Crippen molar-refractivity contribution in [3.8, 4) is 0 Å². The molecule has 0 aliphatic heterocycles. The van der Waals surface area contributed by atoms with Crippen LogP contribution in [0.4, 0.5) is 13.2 Å². The molecule has 0 radical (unpaired) electrons. The lowest BCUT2D eigenvalue weighted by atomic mass is 10.2. The highest BCUT2D eigenvalue weighted by atomic mass is 79.9. The van der Waals surface area contributed by atoms with E-state index in [9.17, 15) is 18.0 Å². The highest BCUT2D eigenvalue weighted by molar-refractivity contribution is 9.11. The number of benzene rings is 1. The lowest BCUT2D eigenvalue weighted by molar-refractivity contribution is -0.144. The van der Waals surface area contributed by atoms with Gasteiger partial charge in [0.05, 0.1) is 10.9 Å². The first-order valence-electron chi connectivity index (χ1n) is 4.25. The molecule has 1 aromatic carbocycles. The van der Waals surface area contributed by atoms with E-state index < -0.39 is 17.6 Å². The number of fused-ring (bicyclic) bond motifs is 1. The van der Waals surface area contributed by atoms with Crippen molar-refractivity contribution in [1.82, 2.24) is 9.97 Å². The van der Waals surface area contributed by atoms with Crippen LogP contribution in [0.3, 0.4) is 0 Å². The van der Waals surface area contributed by atoms with Gasteiger partial charge in [0.2, 0.25) is 5.82 Å². The molecule has 1 heterocycles. The molecule has 1 N–H and O–H groups in total. The van der Waals surface area contributed by atoms with Crippen molar-refractivity contribution in [2.75, 3.05) is 0 Å². The molecule has 17 heavy (non-hydrogen) atoms. The maximum Gasteiger partial charge on any atom is 0.449 e. The van der Waals surface area contributed by atoms with Crippen LogP contribution in [0, 0.1) is 0 Å². The minimum absolute atomic E-state index is 0.0238. The summed E-state index contributed by atoms with van der Waals surface area (Å²) < 4.78 is 38.2. The van der Waals surface area contributed by atoms with Crippen LogP contribution >= 0.6 is 31.9 Å². The molecule has 1 aromatic heterocycles. The minimum atomic E-state index is -4.68. The lowest BCUT2D eigenvalue weighted by Crippen LogP contribution is -2.19. The van der Waals surface area contributed by atoms with Crippen molar-refractivity contribution in [2.45, 2.75) is 6.18 Å². The predicted octanol–water partition coefficient (Wildman–Crippen LogP) is 3.47. The van der Waals surface area contributed by atoms with Crippen LogP contribution < -0.4 is 5.56 Å². The van der Waals surface area contributed by atoms with Gasteiger partial charge in [-0.05, 0) is 28.1 Å². The fraction of sp³-hybridized carbons (Fsp3) is 0.111. The SMILES string of the molecule is O=c1[nH]c(C(F)(F)F)nc2c(Br)cc(Br)cc12. The number of aromatic nitrogens is 2. The van der Waals surface area contributed by atoms with E-state index in [2.05, 4.69) is 36.8 Å². The molecule has 0 fully saturated rings. The van der Waals surface area contributed by atoms with Crippen LogP contribution in [0.25, 0.3) is 10.9 Å². The number of halogens is 5. The molecule has 0 aliphatic carbocycles. The Morgan fingerprint density at radius 2 is 1.88 bits per heavy atom. The number of nitrogens with one attached hydrogen (secondary N) is 1. The van der Waals surface area contributed by atoms with Crippen molar-refractivity contribution >= 4 is 42.8 Å². The summed E-state index contributed by atoms with van der Waals surface area (Å²) in [6, 6.07) is 2.93. The Morgan fingerprint density at radius 1 is 1.24 bits per heavy atom. The number of hydrogen-bond acceptors (Lipinski definition) is 2. The van der Waals surface area contributed by atoms with Gasteiger partial charge in [-0.2, -0.15) is 13.2 Å². The molecule has 0 unspecified atom stereocenters. The summed E-state index contributed by atoms with van der Waals surface area (Å²) in [5, 5.41) is 0.0826. The van der Waals surface area contributed by atoms with Gasteiger partial charge < -0.3 is 4.98 Å². The highest BCUT2D eigenvalue weighted by Crippen LogP contribution is 2.29. The Kier molecular flexibility index (Phi) is 3.03. The van der Waals surface area contributed by atoms with E-state index in [1.165, 1.54) is 12.1 Å². The van der Waals surface area contributed by atoms with Gasteiger partial charge >= 0.3 is 6.18 Å². The molecule has 0 bridgehead atoms.